The second-order valence-electron chi connectivity index (χ2n) is 8.79. The molecule has 0 unspecified atom stereocenters. The summed E-state index contributed by atoms with van der Waals surface area (Å²) in [6.07, 6.45) is 4.05. The van der Waals surface area contributed by atoms with Crippen LogP contribution in [-0.4, -0.2) is 41.5 Å². The number of aromatic amines is 1. The van der Waals surface area contributed by atoms with Crippen LogP contribution in [-0.2, 0) is 20.7 Å². The van der Waals surface area contributed by atoms with Crippen LogP contribution in [0.2, 0.25) is 0 Å². The zero-order chi connectivity index (χ0) is 24.2. The van der Waals surface area contributed by atoms with Crippen molar-refractivity contribution in [2.45, 2.75) is 45.4 Å². The fraction of sp³-hybridized carbons (Fsp3) is 0.407. The number of nitrogens with zero attached hydrogens (tertiary/aromatic N) is 1. The van der Waals surface area contributed by atoms with E-state index in [0.717, 1.165) is 34.5 Å². The molecular formula is C27H30F2N2O3. The molecule has 1 saturated heterocycles. The predicted molar refractivity (Wildman–Crippen MR) is 126 cm³/mol. The van der Waals surface area contributed by atoms with Crippen molar-refractivity contribution >= 4 is 22.8 Å². The largest absolute Gasteiger partial charge is 0.466 e. The highest BCUT2D eigenvalue weighted by Gasteiger charge is 2.32. The molecule has 1 aliphatic rings. The Morgan fingerprint density at radius 1 is 1.18 bits per heavy atom. The lowest BCUT2D eigenvalue weighted by Gasteiger charge is -2.32. The van der Waals surface area contributed by atoms with Crippen LogP contribution in [0.1, 0.15) is 55.7 Å². The van der Waals surface area contributed by atoms with Gasteiger partial charge in [0.25, 0.3) is 0 Å². The Bertz CT molecular complexity index is 1190. The molecule has 0 spiro atoms. The van der Waals surface area contributed by atoms with Crippen LogP contribution in [0, 0.1) is 17.6 Å². The Kier molecular flexibility index (Phi) is 7.29. The summed E-state index contributed by atoms with van der Waals surface area (Å²) in [6.45, 7) is 4.96. The van der Waals surface area contributed by atoms with Gasteiger partial charge < -0.3 is 14.6 Å². The van der Waals surface area contributed by atoms with Gasteiger partial charge in [-0.25, -0.2) is 8.78 Å². The summed E-state index contributed by atoms with van der Waals surface area (Å²) in [5.74, 6) is -2.74. The van der Waals surface area contributed by atoms with Crippen molar-refractivity contribution in [3.05, 3.63) is 70.9 Å². The number of amides is 1. The van der Waals surface area contributed by atoms with E-state index < -0.39 is 17.6 Å². The predicted octanol–water partition coefficient (Wildman–Crippen LogP) is 5.33. The molecule has 34 heavy (non-hydrogen) atoms. The standard InChI is InChI=1S/C27H30F2N2O3/c1-3-17-7-5-9-21-23(15-30-26(17)21)22(20-11-10-19(28)13-24(20)29)14-25(32)31-12-6-8-18(16-31)27(33)34-4-2/h5,7,9-11,13,15,18,22,30H,3-4,6,8,12,14,16H2,1-2H3/t18-,22+/m0/s1. The number of piperidine rings is 1. The molecule has 0 radical (unpaired) electrons. The van der Waals surface area contributed by atoms with Gasteiger partial charge >= 0.3 is 5.97 Å². The number of aromatic nitrogens is 1. The molecule has 3 aromatic rings. The number of aryl methyl sites for hydroxylation is 1. The number of benzene rings is 2. The van der Waals surface area contributed by atoms with Gasteiger partial charge in [0.1, 0.15) is 11.6 Å². The topological polar surface area (TPSA) is 62.4 Å². The van der Waals surface area contributed by atoms with Crippen molar-refractivity contribution in [3.63, 3.8) is 0 Å². The molecule has 0 aliphatic carbocycles. The molecule has 0 saturated carbocycles. The normalized spacial score (nSPS) is 17.1. The Hall–Kier alpha value is -3.22. The van der Waals surface area contributed by atoms with E-state index >= 15 is 0 Å². The van der Waals surface area contributed by atoms with Crippen LogP contribution in [0.25, 0.3) is 10.9 Å². The molecule has 1 aliphatic heterocycles. The number of nitrogens with one attached hydrogen (secondary N) is 1. The molecule has 1 amide bonds. The van der Waals surface area contributed by atoms with E-state index in [1.165, 1.54) is 12.1 Å². The summed E-state index contributed by atoms with van der Waals surface area (Å²) >= 11 is 0. The van der Waals surface area contributed by atoms with E-state index in [1.807, 2.05) is 24.4 Å². The second-order valence-corrected chi connectivity index (χ2v) is 8.79. The summed E-state index contributed by atoms with van der Waals surface area (Å²) in [7, 11) is 0. The molecule has 7 heteroatoms. The van der Waals surface area contributed by atoms with Crippen LogP contribution in [0.4, 0.5) is 8.78 Å². The average molecular weight is 469 g/mol. The first-order valence-corrected chi connectivity index (χ1v) is 11.9. The maximum Gasteiger partial charge on any atom is 0.310 e. The summed E-state index contributed by atoms with van der Waals surface area (Å²) < 4.78 is 33.8. The number of H-pyrrole nitrogens is 1. The highest BCUT2D eigenvalue weighted by molar-refractivity contribution is 5.88. The Morgan fingerprint density at radius 2 is 2.00 bits per heavy atom. The number of likely N-dealkylation sites (tertiary alicyclic amines) is 1. The zero-order valence-electron chi connectivity index (χ0n) is 19.6. The number of carbonyl (C=O) groups excluding carboxylic acids is 2. The minimum Gasteiger partial charge on any atom is -0.466 e. The lowest BCUT2D eigenvalue weighted by Crippen LogP contribution is -2.43. The fourth-order valence-electron chi connectivity index (χ4n) is 4.95. The Labute approximate surface area is 198 Å². The number of fused-ring (bicyclic) bond motifs is 1. The van der Waals surface area contributed by atoms with Gasteiger partial charge in [-0.15, -0.1) is 0 Å². The van der Waals surface area contributed by atoms with E-state index in [-0.39, 0.29) is 29.8 Å². The summed E-state index contributed by atoms with van der Waals surface area (Å²) in [6, 6.07) is 9.44. The van der Waals surface area contributed by atoms with Crippen molar-refractivity contribution in [3.8, 4) is 0 Å². The number of halogens is 2. The maximum absolute atomic E-state index is 14.9. The van der Waals surface area contributed by atoms with Crippen LogP contribution >= 0.6 is 0 Å². The van der Waals surface area contributed by atoms with Gasteiger partial charge in [-0.3, -0.25) is 9.59 Å². The summed E-state index contributed by atoms with van der Waals surface area (Å²) in [5, 5.41) is 0.920. The molecule has 2 atom stereocenters. The van der Waals surface area contributed by atoms with Gasteiger partial charge in [-0.05, 0) is 48.9 Å². The Morgan fingerprint density at radius 3 is 2.74 bits per heavy atom. The molecule has 180 valence electrons. The molecule has 1 fully saturated rings. The molecule has 5 nitrogen and oxygen atoms in total. The first kappa shape index (κ1) is 23.9. The van der Waals surface area contributed by atoms with Crippen LogP contribution in [0.3, 0.4) is 0 Å². The number of para-hydroxylation sites is 1. The molecule has 2 heterocycles. The van der Waals surface area contributed by atoms with Gasteiger partial charge in [0.15, 0.2) is 0 Å². The van der Waals surface area contributed by atoms with Crippen LogP contribution in [0.15, 0.2) is 42.6 Å². The molecule has 1 N–H and O–H groups in total. The van der Waals surface area contributed by atoms with Crippen molar-refractivity contribution < 1.29 is 23.1 Å². The second kappa shape index (κ2) is 10.4. The lowest BCUT2D eigenvalue weighted by atomic mass is 9.86. The van der Waals surface area contributed by atoms with Crippen molar-refractivity contribution in [1.82, 2.24) is 9.88 Å². The monoisotopic (exact) mass is 468 g/mol. The molecule has 2 aromatic carbocycles. The lowest BCUT2D eigenvalue weighted by molar-refractivity contribution is -0.151. The molecular weight excluding hydrogens is 438 g/mol. The smallest absolute Gasteiger partial charge is 0.310 e. The van der Waals surface area contributed by atoms with Crippen molar-refractivity contribution in [1.29, 1.82) is 0 Å². The van der Waals surface area contributed by atoms with Crippen molar-refractivity contribution in [2.75, 3.05) is 19.7 Å². The number of carbonyl (C=O) groups is 2. The third-order valence-electron chi connectivity index (χ3n) is 6.70. The number of hydrogen-bond acceptors (Lipinski definition) is 3. The highest BCUT2D eigenvalue weighted by Crippen LogP contribution is 2.36. The third kappa shape index (κ3) is 4.83. The SMILES string of the molecule is CCOC(=O)[C@H]1CCCN(C(=O)C[C@H](c2ccc(F)cc2F)c2c[nH]c3c(CC)cccc23)C1. The quantitative estimate of drug-likeness (QED) is 0.477. The van der Waals surface area contributed by atoms with E-state index in [9.17, 15) is 18.4 Å². The average Bonchev–Trinajstić information content (AvgIpc) is 3.27. The highest BCUT2D eigenvalue weighted by atomic mass is 19.1. The first-order chi connectivity index (χ1) is 16.4. The van der Waals surface area contributed by atoms with Gasteiger partial charge in [0.2, 0.25) is 5.91 Å². The van der Waals surface area contributed by atoms with Gasteiger partial charge in [-0.1, -0.05) is 31.2 Å². The van der Waals surface area contributed by atoms with E-state index in [2.05, 4.69) is 11.9 Å². The van der Waals surface area contributed by atoms with E-state index in [1.54, 1.807) is 11.8 Å². The molecule has 0 bridgehead atoms. The summed E-state index contributed by atoms with van der Waals surface area (Å²) in [5.41, 5.74) is 3.15. The molecule has 4 rings (SSSR count). The zero-order valence-corrected chi connectivity index (χ0v) is 19.6. The Balaban J connectivity index is 1.67. The number of hydrogen-bond donors (Lipinski definition) is 1. The van der Waals surface area contributed by atoms with Gasteiger partial charge in [0, 0.05) is 48.6 Å². The van der Waals surface area contributed by atoms with E-state index in [4.69, 9.17) is 4.74 Å². The van der Waals surface area contributed by atoms with Crippen LogP contribution < -0.4 is 0 Å². The van der Waals surface area contributed by atoms with Gasteiger partial charge in [0.05, 0.1) is 12.5 Å². The fourth-order valence-corrected chi connectivity index (χ4v) is 4.95. The van der Waals surface area contributed by atoms with E-state index in [0.29, 0.717) is 32.5 Å². The number of esters is 1. The maximum atomic E-state index is 14.9. The summed E-state index contributed by atoms with van der Waals surface area (Å²) in [4.78, 5) is 30.6. The first-order valence-electron chi connectivity index (χ1n) is 11.9. The number of ether oxygens (including phenoxy) is 1. The van der Waals surface area contributed by atoms with Gasteiger partial charge in [-0.2, -0.15) is 0 Å². The minimum atomic E-state index is -0.679. The molecule has 1 aromatic heterocycles. The number of rotatable bonds is 7. The third-order valence-corrected chi connectivity index (χ3v) is 6.70. The van der Waals surface area contributed by atoms with Crippen molar-refractivity contribution in [2.24, 2.45) is 5.92 Å². The van der Waals surface area contributed by atoms with Crippen LogP contribution in [0.5, 0.6) is 0 Å². The minimum absolute atomic E-state index is 0.0153.